The SMILES string of the molecule is CC1(C)c2ccccc2-c2ccc(N(c3ccc(-c4cccc5ccccc45)cc3)c3cc4c5ccccc5c5ccccc5c4cc3-c3ccccc3-c3ccccc3)cc21. The molecule has 0 saturated carbocycles. The van der Waals surface area contributed by atoms with Gasteiger partial charge >= 0.3 is 0 Å². The fourth-order valence-corrected chi connectivity index (χ4v) is 10.5. The first-order chi connectivity index (χ1) is 30.5. The molecular weight excluding hydrogens is 747 g/mol. The lowest BCUT2D eigenvalue weighted by Gasteiger charge is -2.31. The molecule has 1 heteroatoms. The van der Waals surface area contributed by atoms with E-state index in [-0.39, 0.29) is 5.41 Å². The van der Waals surface area contributed by atoms with Crippen molar-refractivity contribution in [1.29, 1.82) is 0 Å². The van der Waals surface area contributed by atoms with Gasteiger partial charge in [0.05, 0.1) is 5.69 Å². The van der Waals surface area contributed by atoms with Gasteiger partial charge in [-0.25, -0.2) is 0 Å². The number of fused-ring (bicyclic) bond motifs is 10. The van der Waals surface area contributed by atoms with Crippen molar-refractivity contribution in [2.24, 2.45) is 0 Å². The molecule has 0 aromatic heterocycles. The molecule has 1 aliphatic rings. The summed E-state index contributed by atoms with van der Waals surface area (Å²) in [5, 5.41) is 10.0. The van der Waals surface area contributed by atoms with E-state index in [2.05, 4.69) is 243 Å². The van der Waals surface area contributed by atoms with E-state index in [4.69, 9.17) is 0 Å². The fraction of sp³-hybridized carbons (Fsp3) is 0.0492. The molecule has 0 aliphatic heterocycles. The number of hydrogen-bond acceptors (Lipinski definition) is 1. The lowest BCUT2D eigenvalue weighted by molar-refractivity contribution is 0.660. The summed E-state index contributed by atoms with van der Waals surface area (Å²) >= 11 is 0. The summed E-state index contributed by atoms with van der Waals surface area (Å²) in [7, 11) is 0. The first-order valence-electron chi connectivity index (χ1n) is 21.7. The Bertz CT molecular complexity index is 3540. The van der Waals surface area contributed by atoms with E-state index in [1.165, 1.54) is 98.7 Å². The zero-order valence-electron chi connectivity index (χ0n) is 34.8. The minimum absolute atomic E-state index is 0.160. The van der Waals surface area contributed by atoms with Gasteiger partial charge in [0, 0.05) is 22.4 Å². The normalized spacial score (nSPS) is 12.8. The van der Waals surface area contributed by atoms with E-state index in [1.807, 2.05) is 0 Å². The van der Waals surface area contributed by atoms with Crippen molar-refractivity contribution in [2.75, 3.05) is 4.90 Å². The van der Waals surface area contributed by atoms with Gasteiger partial charge in [0.25, 0.3) is 0 Å². The lowest BCUT2D eigenvalue weighted by atomic mass is 9.82. The minimum Gasteiger partial charge on any atom is -0.310 e. The molecule has 1 aliphatic carbocycles. The second-order valence-corrected chi connectivity index (χ2v) is 17.2. The van der Waals surface area contributed by atoms with E-state index < -0.39 is 0 Å². The molecule has 0 saturated heterocycles. The van der Waals surface area contributed by atoms with Gasteiger partial charge in [-0.2, -0.15) is 0 Å². The summed E-state index contributed by atoms with van der Waals surface area (Å²) in [6.45, 7) is 4.75. The van der Waals surface area contributed by atoms with Crippen LogP contribution in [0.25, 0.3) is 87.6 Å². The summed E-state index contributed by atoms with van der Waals surface area (Å²) in [6.07, 6.45) is 0. The third kappa shape index (κ3) is 5.62. The van der Waals surface area contributed by atoms with Gasteiger partial charge in [-0.1, -0.05) is 202 Å². The van der Waals surface area contributed by atoms with Gasteiger partial charge in [-0.15, -0.1) is 0 Å². The molecule has 11 aromatic carbocycles. The van der Waals surface area contributed by atoms with Crippen molar-refractivity contribution < 1.29 is 0 Å². The molecule has 0 spiro atoms. The Morgan fingerprint density at radius 3 is 1.52 bits per heavy atom. The molecule has 0 heterocycles. The van der Waals surface area contributed by atoms with Crippen LogP contribution in [0.15, 0.2) is 224 Å². The lowest BCUT2D eigenvalue weighted by Crippen LogP contribution is -2.17. The summed E-state index contributed by atoms with van der Waals surface area (Å²) in [5.41, 5.74) is 15.8. The largest absolute Gasteiger partial charge is 0.310 e. The van der Waals surface area contributed by atoms with Crippen LogP contribution in [0.3, 0.4) is 0 Å². The third-order valence-corrected chi connectivity index (χ3v) is 13.5. The highest BCUT2D eigenvalue weighted by Crippen LogP contribution is 2.53. The van der Waals surface area contributed by atoms with E-state index in [1.54, 1.807) is 0 Å². The maximum absolute atomic E-state index is 2.52. The predicted octanol–water partition coefficient (Wildman–Crippen LogP) is 17.1. The molecule has 12 rings (SSSR count). The van der Waals surface area contributed by atoms with Crippen LogP contribution in [0, 0.1) is 0 Å². The summed E-state index contributed by atoms with van der Waals surface area (Å²) in [6, 6.07) is 83.2. The molecule has 292 valence electrons. The smallest absolute Gasteiger partial charge is 0.0546 e. The van der Waals surface area contributed by atoms with Crippen LogP contribution < -0.4 is 4.90 Å². The first kappa shape index (κ1) is 36.1. The topological polar surface area (TPSA) is 3.24 Å². The average molecular weight is 790 g/mol. The summed E-state index contributed by atoms with van der Waals surface area (Å²) in [4.78, 5) is 2.52. The standard InChI is InChI=1S/C61H43N/c1-61(2)58-30-15-14-28-53(58)54-36-35-44(37-59(54)61)62(43-33-31-42(32-34-43)46-29-16-20-41-19-6-7-21-45(41)46)60-39-56-52-27-13-11-25-50(52)49-24-10-12-26-51(49)55(56)38-57(60)48-23-9-8-22-47(48)40-17-4-3-5-18-40/h3-39H,1-2H3. The molecule has 0 fully saturated rings. The molecule has 1 nitrogen and oxygen atoms in total. The zero-order valence-corrected chi connectivity index (χ0v) is 34.8. The Morgan fingerprint density at radius 2 is 0.790 bits per heavy atom. The second-order valence-electron chi connectivity index (χ2n) is 17.2. The van der Waals surface area contributed by atoms with Crippen molar-refractivity contribution in [3.63, 3.8) is 0 Å². The highest BCUT2D eigenvalue weighted by Gasteiger charge is 2.36. The zero-order chi connectivity index (χ0) is 41.4. The van der Waals surface area contributed by atoms with Gasteiger partial charge in [-0.3, -0.25) is 0 Å². The van der Waals surface area contributed by atoms with Gasteiger partial charge in [0.2, 0.25) is 0 Å². The van der Waals surface area contributed by atoms with Crippen molar-refractivity contribution in [1.82, 2.24) is 0 Å². The summed E-state index contributed by atoms with van der Waals surface area (Å²) < 4.78 is 0. The van der Waals surface area contributed by atoms with E-state index >= 15 is 0 Å². The monoisotopic (exact) mass is 789 g/mol. The Kier molecular flexibility index (Phi) is 8.27. The van der Waals surface area contributed by atoms with Crippen LogP contribution >= 0.6 is 0 Å². The van der Waals surface area contributed by atoms with Crippen LogP contribution in [0.4, 0.5) is 17.1 Å². The second kappa shape index (κ2) is 14.2. The van der Waals surface area contributed by atoms with Crippen molar-refractivity contribution in [3.05, 3.63) is 236 Å². The maximum atomic E-state index is 2.52. The van der Waals surface area contributed by atoms with E-state index in [0.717, 1.165) is 17.1 Å². The number of nitrogens with zero attached hydrogens (tertiary/aromatic N) is 1. The minimum atomic E-state index is -0.160. The Labute approximate surface area is 362 Å². The molecule has 0 radical (unpaired) electrons. The first-order valence-corrected chi connectivity index (χ1v) is 21.7. The Hall–Kier alpha value is -7.74. The average Bonchev–Trinajstić information content (AvgIpc) is 3.57. The Balaban J connectivity index is 1.17. The van der Waals surface area contributed by atoms with Gasteiger partial charge in [0.1, 0.15) is 0 Å². The fourth-order valence-electron chi connectivity index (χ4n) is 10.5. The molecule has 0 unspecified atom stereocenters. The van der Waals surface area contributed by atoms with Crippen LogP contribution in [0.5, 0.6) is 0 Å². The molecule has 62 heavy (non-hydrogen) atoms. The van der Waals surface area contributed by atoms with Crippen molar-refractivity contribution in [3.8, 4) is 44.5 Å². The van der Waals surface area contributed by atoms with Crippen LogP contribution in [0.1, 0.15) is 25.0 Å². The number of rotatable bonds is 6. The van der Waals surface area contributed by atoms with Gasteiger partial charge in [-0.05, 0) is 130 Å². The molecule has 0 amide bonds. The van der Waals surface area contributed by atoms with E-state index in [9.17, 15) is 0 Å². The van der Waals surface area contributed by atoms with Crippen LogP contribution in [-0.4, -0.2) is 0 Å². The van der Waals surface area contributed by atoms with Crippen molar-refractivity contribution in [2.45, 2.75) is 19.3 Å². The molecule has 0 atom stereocenters. The van der Waals surface area contributed by atoms with Gasteiger partial charge in [0.15, 0.2) is 0 Å². The molecule has 0 N–H and O–H groups in total. The number of hydrogen-bond donors (Lipinski definition) is 0. The van der Waals surface area contributed by atoms with Crippen molar-refractivity contribution >= 4 is 60.2 Å². The Morgan fingerprint density at radius 1 is 0.290 bits per heavy atom. The van der Waals surface area contributed by atoms with Crippen LogP contribution in [-0.2, 0) is 5.41 Å². The number of anilines is 3. The quantitative estimate of drug-likeness (QED) is 0.152. The van der Waals surface area contributed by atoms with Crippen LogP contribution in [0.2, 0.25) is 0 Å². The molecular formula is C61H43N. The van der Waals surface area contributed by atoms with Gasteiger partial charge < -0.3 is 4.90 Å². The maximum Gasteiger partial charge on any atom is 0.0546 e. The summed E-state index contributed by atoms with van der Waals surface area (Å²) in [5.74, 6) is 0. The third-order valence-electron chi connectivity index (χ3n) is 13.5. The number of benzene rings is 11. The van der Waals surface area contributed by atoms with E-state index in [0.29, 0.717) is 0 Å². The highest BCUT2D eigenvalue weighted by atomic mass is 15.1. The molecule has 0 bridgehead atoms. The molecule has 11 aromatic rings. The predicted molar refractivity (Wildman–Crippen MR) is 265 cm³/mol. The highest BCUT2D eigenvalue weighted by molar-refractivity contribution is 6.27.